The molecule has 2 aliphatic heterocycles. The van der Waals surface area contributed by atoms with Gasteiger partial charge in [-0.05, 0) is 60.2 Å². The number of thioether (sulfide) groups is 1. The molecule has 41 heavy (non-hydrogen) atoms. The van der Waals surface area contributed by atoms with Gasteiger partial charge in [0, 0.05) is 26.5 Å². The Labute approximate surface area is 262 Å². The van der Waals surface area contributed by atoms with Crippen LogP contribution in [0.4, 0.5) is 11.4 Å². The van der Waals surface area contributed by atoms with Gasteiger partial charge in [-0.3, -0.25) is 23.7 Å². The molecule has 3 heterocycles. The van der Waals surface area contributed by atoms with Crippen LogP contribution in [0.1, 0.15) is 16.4 Å². The summed E-state index contributed by atoms with van der Waals surface area (Å²) in [5.41, 5.74) is 1.43. The summed E-state index contributed by atoms with van der Waals surface area (Å²) >= 11 is 27.0. The van der Waals surface area contributed by atoms with E-state index >= 15 is 0 Å². The summed E-state index contributed by atoms with van der Waals surface area (Å²) in [6.45, 7) is -0.295. The number of hydrogen-bond acceptors (Lipinski definition) is 6. The lowest BCUT2D eigenvalue weighted by molar-refractivity contribution is -0.122. The zero-order chi connectivity index (χ0) is 29.0. The third kappa shape index (κ3) is 5.09. The number of nitrogens with one attached hydrogen (secondary N) is 1. The van der Waals surface area contributed by atoms with Gasteiger partial charge in [-0.1, -0.05) is 81.6 Å². The fraction of sp³-hybridized carbons (Fsp3) is 0.143. The van der Waals surface area contributed by atoms with E-state index in [9.17, 15) is 19.2 Å². The summed E-state index contributed by atoms with van der Waals surface area (Å²) in [7, 11) is 0. The maximum absolute atomic E-state index is 14.0. The van der Waals surface area contributed by atoms with E-state index in [1.807, 2.05) is 0 Å². The highest BCUT2D eigenvalue weighted by Gasteiger charge is 2.57. The number of aromatic nitrogens is 1. The molecular formula is C28H17Cl4N3O4S2. The largest absolute Gasteiger partial charge is 0.325 e. The zero-order valence-electron chi connectivity index (χ0n) is 20.6. The lowest BCUT2D eigenvalue weighted by atomic mass is 9.83. The molecular weight excluding hydrogens is 648 g/mol. The van der Waals surface area contributed by atoms with Crippen LogP contribution in [0.2, 0.25) is 20.1 Å². The van der Waals surface area contributed by atoms with E-state index in [2.05, 4.69) is 5.32 Å². The molecule has 1 saturated heterocycles. The highest BCUT2D eigenvalue weighted by molar-refractivity contribution is 8.00. The highest BCUT2D eigenvalue weighted by Crippen LogP contribution is 2.55. The van der Waals surface area contributed by atoms with Crippen molar-refractivity contribution in [3.05, 3.63) is 107 Å². The third-order valence-corrected chi connectivity index (χ3v) is 10.8. The Hall–Kier alpha value is -2.79. The van der Waals surface area contributed by atoms with Crippen LogP contribution in [0.5, 0.6) is 0 Å². The number of hydrogen-bond donors (Lipinski definition) is 1. The lowest BCUT2D eigenvalue weighted by Gasteiger charge is -2.31. The maximum atomic E-state index is 14.0. The van der Waals surface area contributed by atoms with Crippen LogP contribution in [-0.2, 0) is 20.9 Å². The van der Waals surface area contributed by atoms with E-state index in [1.54, 1.807) is 66.7 Å². The summed E-state index contributed by atoms with van der Waals surface area (Å²) in [6.07, 6.45) is 0. The van der Waals surface area contributed by atoms with Crippen LogP contribution in [0, 0.1) is 5.92 Å². The lowest BCUT2D eigenvalue weighted by Crippen LogP contribution is -2.33. The van der Waals surface area contributed by atoms with Gasteiger partial charge in [0.05, 0.1) is 26.7 Å². The first-order valence-corrected chi connectivity index (χ1v) is 15.4. The summed E-state index contributed by atoms with van der Waals surface area (Å²) < 4.78 is 1.33. The summed E-state index contributed by atoms with van der Waals surface area (Å²) in [5, 5.41) is 3.82. The van der Waals surface area contributed by atoms with Gasteiger partial charge >= 0.3 is 4.87 Å². The molecule has 7 nitrogen and oxygen atoms in total. The molecule has 1 fully saturated rings. The smallest absolute Gasteiger partial charge is 0.308 e. The van der Waals surface area contributed by atoms with Gasteiger partial charge in [0.15, 0.2) is 0 Å². The van der Waals surface area contributed by atoms with Crippen molar-refractivity contribution in [2.75, 3.05) is 10.2 Å². The van der Waals surface area contributed by atoms with E-state index in [0.717, 1.165) is 28.0 Å². The van der Waals surface area contributed by atoms with E-state index < -0.39 is 39.7 Å². The van der Waals surface area contributed by atoms with Gasteiger partial charge in [-0.25, -0.2) is 4.90 Å². The molecule has 1 aromatic heterocycles. The monoisotopic (exact) mass is 663 g/mol. The second kappa shape index (κ2) is 11.1. The molecule has 13 heteroatoms. The minimum absolute atomic E-state index is 0.230. The Bertz CT molecular complexity index is 1770. The van der Waals surface area contributed by atoms with E-state index in [1.165, 1.54) is 4.57 Å². The normalized spacial score (nSPS) is 19.7. The highest BCUT2D eigenvalue weighted by atomic mass is 35.5. The number of benzene rings is 3. The number of fused-ring (bicyclic) bond motifs is 2. The van der Waals surface area contributed by atoms with Gasteiger partial charge in [-0.2, -0.15) is 0 Å². The minimum Gasteiger partial charge on any atom is -0.325 e. The number of carbonyl (C=O) groups is 3. The maximum Gasteiger partial charge on any atom is 0.308 e. The molecule has 208 valence electrons. The van der Waals surface area contributed by atoms with Crippen LogP contribution in [-0.4, -0.2) is 27.5 Å². The molecule has 3 aromatic carbocycles. The topological polar surface area (TPSA) is 88.5 Å². The Balaban J connectivity index is 1.43. The summed E-state index contributed by atoms with van der Waals surface area (Å²) in [6, 6.07) is 18.1. The van der Waals surface area contributed by atoms with Gasteiger partial charge in [0.2, 0.25) is 17.7 Å². The Kier molecular flexibility index (Phi) is 7.69. The zero-order valence-corrected chi connectivity index (χ0v) is 25.3. The predicted octanol–water partition coefficient (Wildman–Crippen LogP) is 6.96. The predicted molar refractivity (Wildman–Crippen MR) is 164 cm³/mol. The number of rotatable bonds is 5. The molecule has 0 radical (unpaired) electrons. The number of anilines is 2. The fourth-order valence-electron chi connectivity index (χ4n) is 5.07. The average Bonchev–Trinajstić information content (AvgIpc) is 3.38. The first-order valence-electron chi connectivity index (χ1n) is 12.2. The number of imide groups is 1. The van der Waals surface area contributed by atoms with Crippen LogP contribution < -0.4 is 15.1 Å². The van der Waals surface area contributed by atoms with Crippen molar-refractivity contribution in [3.63, 3.8) is 0 Å². The minimum atomic E-state index is -0.870. The number of carbonyl (C=O) groups excluding carboxylic acids is 3. The Morgan fingerprint density at radius 1 is 0.854 bits per heavy atom. The number of nitrogens with zero attached hydrogens (tertiary/aromatic N) is 2. The fourth-order valence-corrected chi connectivity index (χ4v) is 8.51. The molecule has 3 atom stereocenters. The third-order valence-electron chi connectivity index (χ3n) is 6.88. The SMILES string of the molecule is O=C(Cn1c2c(sc1=O)[C@@H](c1cccc(Cl)c1Cl)[C@@H]1C(=O)N(c3ccc(Cl)cc3)C(=O)[C@@H]1S2)Nc1ccc(Cl)cc1. The number of thiazole rings is 1. The molecule has 6 rings (SSSR count). The van der Waals surface area contributed by atoms with Gasteiger partial charge in [0.25, 0.3) is 0 Å². The second-order valence-corrected chi connectivity index (χ2v) is 13.1. The van der Waals surface area contributed by atoms with Crippen molar-refractivity contribution in [3.8, 4) is 0 Å². The second-order valence-electron chi connectivity index (χ2n) is 9.35. The van der Waals surface area contributed by atoms with Crippen molar-refractivity contribution in [1.82, 2.24) is 4.57 Å². The molecule has 3 amide bonds. The van der Waals surface area contributed by atoms with Crippen molar-refractivity contribution in [2.24, 2.45) is 5.92 Å². The van der Waals surface area contributed by atoms with Gasteiger partial charge < -0.3 is 5.32 Å². The van der Waals surface area contributed by atoms with Crippen molar-refractivity contribution in [1.29, 1.82) is 0 Å². The Morgan fingerprint density at radius 2 is 1.51 bits per heavy atom. The first kappa shape index (κ1) is 28.3. The molecule has 0 aliphatic carbocycles. The standard InChI is InChI=1S/C28H17Cl4N3O4S2/c29-13-4-8-15(9-5-13)33-19(36)12-34-27-24(41-28(34)39)20(17-2-1-3-18(31)22(17)32)21-23(40-27)26(38)35(25(21)37)16-10-6-14(30)7-11-16/h1-11,20-21,23H,12H2,(H,33,36)/t20-,21-,23+/m0/s1. The number of amides is 3. The van der Waals surface area contributed by atoms with Gasteiger partial charge in [0.1, 0.15) is 11.8 Å². The molecule has 0 bridgehead atoms. The van der Waals surface area contributed by atoms with E-state index in [0.29, 0.717) is 36.9 Å². The molecule has 2 aliphatic rings. The average molecular weight is 665 g/mol. The molecule has 0 spiro atoms. The molecule has 0 saturated carbocycles. The quantitative estimate of drug-likeness (QED) is 0.233. The van der Waals surface area contributed by atoms with Gasteiger partial charge in [-0.15, -0.1) is 0 Å². The van der Waals surface area contributed by atoms with Crippen LogP contribution in [0.3, 0.4) is 0 Å². The van der Waals surface area contributed by atoms with Crippen LogP contribution in [0.15, 0.2) is 76.6 Å². The van der Waals surface area contributed by atoms with Crippen molar-refractivity contribution >= 4 is 98.6 Å². The van der Waals surface area contributed by atoms with Crippen LogP contribution in [0.25, 0.3) is 0 Å². The van der Waals surface area contributed by atoms with Crippen molar-refractivity contribution < 1.29 is 14.4 Å². The number of halogens is 4. The first-order chi connectivity index (χ1) is 19.6. The molecule has 4 aromatic rings. The Morgan fingerprint density at radius 3 is 2.20 bits per heavy atom. The summed E-state index contributed by atoms with van der Waals surface area (Å²) in [5.74, 6) is -2.89. The summed E-state index contributed by atoms with van der Waals surface area (Å²) in [4.78, 5) is 55.3. The van der Waals surface area contributed by atoms with Crippen LogP contribution >= 0.6 is 69.5 Å². The molecule has 0 unspecified atom stereocenters. The van der Waals surface area contributed by atoms with E-state index in [4.69, 9.17) is 46.4 Å². The molecule has 1 N–H and O–H groups in total. The van der Waals surface area contributed by atoms with Crippen molar-refractivity contribution in [2.45, 2.75) is 22.7 Å². The van der Waals surface area contributed by atoms with E-state index in [-0.39, 0.29) is 16.6 Å².